The number of alkyl halides is 6. The molecule has 1 N–H and O–H groups in total. The first-order chi connectivity index (χ1) is 12.0. The number of rotatable bonds is 2. The maximum Gasteiger partial charge on any atom is 0.454 e. The second-order valence-electron chi connectivity index (χ2n) is 5.78. The van der Waals surface area contributed by atoms with Crippen LogP contribution in [-0.2, 0) is 6.18 Å². The van der Waals surface area contributed by atoms with Gasteiger partial charge < -0.3 is 4.98 Å². The molecule has 26 heavy (non-hydrogen) atoms. The molecular weight excluding hydrogens is 360 g/mol. The highest BCUT2D eigenvalue weighted by Crippen LogP contribution is 2.40. The number of nitrogens with one attached hydrogen (secondary N) is 1. The summed E-state index contributed by atoms with van der Waals surface area (Å²) in [5, 5.41) is -0.406. The van der Waals surface area contributed by atoms with E-state index in [0.717, 1.165) is 0 Å². The topological polar surface area (TPSA) is 32.9 Å². The first-order valence-corrected chi connectivity index (χ1v) is 7.40. The number of aromatic amines is 1. The molecule has 1 aromatic heterocycles. The van der Waals surface area contributed by atoms with Crippen molar-refractivity contribution in [3.05, 3.63) is 59.3 Å². The van der Waals surface area contributed by atoms with E-state index in [1.165, 1.54) is 12.1 Å². The quantitative estimate of drug-likeness (QED) is 0.441. The van der Waals surface area contributed by atoms with E-state index in [2.05, 4.69) is 0 Å². The molecule has 0 bridgehead atoms. The van der Waals surface area contributed by atoms with Crippen LogP contribution in [0.3, 0.4) is 0 Å². The Kier molecular flexibility index (Phi) is 4.09. The van der Waals surface area contributed by atoms with Gasteiger partial charge in [-0.05, 0) is 35.7 Å². The first kappa shape index (κ1) is 18.0. The summed E-state index contributed by atoms with van der Waals surface area (Å²) < 4.78 is 78.1. The lowest BCUT2D eigenvalue weighted by atomic mass is 9.96. The fraction of sp³-hybridized carbons (Fsp3) is 0.167. The van der Waals surface area contributed by atoms with E-state index >= 15 is 0 Å². The van der Waals surface area contributed by atoms with Crippen molar-refractivity contribution in [3.8, 4) is 11.1 Å². The number of fused-ring (bicyclic) bond motifs is 1. The monoisotopic (exact) mass is 371 g/mol. The van der Waals surface area contributed by atoms with Crippen LogP contribution in [0.5, 0.6) is 0 Å². The van der Waals surface area contributed by atoms with Crippen molar-refractivity contribution < 1.29 is 31.1 Å². The first-order valence-electron chi connectivity index (χ1n) is 7.40. The molecule has 0 atom stereocenters. The normalized spacial score (nSPS) is 12.6. The van der Waals surface area contributed by atoms with E-state index in [0.29, 0.717) is 16.7 Å². The molecule has 2 nitrogen and oxygen atoms in total. The Morgan fingerprint density at radius 2 is 1.58 bits per heavy atom. The van der Waals surface area contributed by atoms with Crippen LogP contribution in [0.1, 0.15) is 21.6 Å². The average molecular weight is 371 g/mol. The summed E-state index contributed by atoms with van der Waals surface area (Å²) in [7, 11) is 0. The molecule has 1 heterocycles. The Bertz CT molecular complexity index is 983. The van der Waals surface area contributed by atoms with Gasteiger partial charge >= 0.3 is 12.4 Å². The molecule has 8 heteroatoms. The molecule has 0 saturated heterocycles. The van der Waals surface area contributed by atoms with E-state index in [9.17, 15) is 31.1 Å². The number of aromatic nitrogens is 1. The number of ketones is 1. The van der Waals surface area contributed by atoms with Gasteiger partial charge in [0.25, 0.3) is 5.78 Å². The van der Waals surface area contributed by atoms with Gasteiger partial charge in [0.1, 0.15) is 5.69 Å². The highest BCUT2D eigenvalue weighted by atomic mass is 19.4. The average Bonchev–Trinajstić information content (AvgIpc) is 2.91. The summed E-state index contributed by atoms with van der Waals surface area (Å²) in [6, 6.07) is 11.2. The van der Waals surface area contributed by atoms with Crippen molar-refractivity contribution in [1.82, 2.24) is 4.98 Å². The van der Waals surface area contributed by atoms with E-state index < -0.39 is 34.8 Å². The second kappa shape index (κ2) is 5.89. The van der Waals surface area contributed by atoms with Gasteiger partial charge in [0.15, 0.2) is 0 Å². The zero-order chi connectivity index (χ0) is 19.3. The summed E-state index contributed by atoms with van der Waals surface area (Å²) in [4.78, 5) is 13.6. The summed E-state index contributed by atoms with van der Waals surface area (Å²) in [5.41, 5.74) is -1.58. The van der Waals surface area contributed by atoms with Gasteiger partial charge in [-0.3, -0.25) is 4.79 Å². The lowest BCUT2D eigenvalue weighted by Gasteiger charge is -2.10. The smallest absolute Gasteiger partial charge is 0.350 e. The number of Topliss-reactive ketones (excluding diaryl/α,β-unsaturated/α-hetero) is 1. The molecule has 3 rings (SSSR count). The van der Waals surface area contributed by atoms with Crippen LogP contribution < -0.4 is 0 Å². The highest BCUT2D eigenvalue weighted by molar-refractivity contribution is 6.12. The van der Waals surface area contributed by atoms with Crippen LogP contribution in [0.2, 0.25) is 0 Å². The highest BCUT2D eigenvalue weighted by Gasteiger charge is 2.47. The summed E-state index contributed by atoms with van der Waals surface area (Å²) in [6.45, 7) is 1.56. The number of hydrogen-bond donors (Lipinski definition) is 1. The van der Waals surface area contributed by atoms with E-state index in [-0.39, 0.29) is 5.52 Å². The predicted molar refractivity (Wildman–Crippen MR) is 83.9 cm³/mol. The van der Waals surface area contributed by atoms with Crippen molar-refractivity contribution in [3.63, 3.8) is 0 Å². The van der Waals surface area contributed by atoms with Crippen LogP contribution >= 0.6 is 0 Å². The van der Waals surface area contributed by atoms with Crippen molar-refractivity contribution in [2.75, 3.05) is 0 Å². The third-order valence-corrected chi connectivity index (χ3v) is 4.00. The maximum atomic E-state index is 13.2. The number of halogens is 6. The molecule has 0 aliphatic rings. The molecule has 0 aliphatic heterocycles. The Hall–Kier alpha value is -2.77. The Morgan fingerprint density at radius 1 is 0.962 bits per heavy atom. The van der Waals surface area contributed by atoms with E-state index in [1.807, 2.05) is 4.98 Å². The molecule has 0 aliphatic carbocycles. The third-order valence-electron chi connectivity index (χ3n) is 4.00. The molecule has 0 radical (unpaired) electrons. The molecule has 0 unspecified atom stereocenters. The lowest BCUT2D eigenvalue weighted by molar-refractivity contribution is -0.141. The third kappa shape index (κ3) is 3.07. The Morgan fingerprint density at radius 3 is 2.12 bits per heavy atom. The second-order valence-corrected chi connectivity index (χ2v) is 5.78. The number of hydrogen-bond acceptors (Lipinski definition) is 1. The summed E-state index contributed by atoms with van der Waals surface area (Å²) >= 11 is 0. The van der Waals surface area contributed by atoms with Crippen LogP contribution in [-0.4, -0.2) is 16.9 Å². The molecule has 136 valence electrons. The molecule has 0 fully saturated rings. The largest absolute Gasteiger partial charge is 0.454 e. The number of carbonyl (C=O) groups excluding carboxylic acids is 1. The van der Waals surface area contributed by atoms with Crippen LogP contribution in [0.25, 0.3) is 22.0 Å². The number of benzene rings is 2. The summed E-state index contributed by atoms with van der Waals surface area (Å²) in [5.74, 6) is -2.53. The fourth-order valence-electron chi connectivity index (χ4n) is 2.87. The van der Waals surface area contributed by atoms with Gasteiger partial charge in [0.05, 0.1) is 5.56 Å². The van der Waals surface area contributed by atoms with Crippen LogP contribution in [0.15, 0.2) is 42.5 Å². The van der Waals surface area contributed by atoms with Crippen LogP contribution in [0, 0.1) is 6.92 Å². The Labute approximate surface area is 143 Å². The molecule has 3 aromatic rings. The number of carbonyl (C=O) groups is 1. The van der Waals surface area contributed by atoms with Gasteiger partial charge in [0.2, 0.25) is 0 Å². The molecule has 0 spiro atoms. The molecule has 2 aromatic carbocycles. The SMILES string of the molecule is Cc1cc2c(C(=O)C(F)(F)F)c(C(F)(F)F)[nH]c2cc1-c1ccccc1. The lowest BCUT2D eigenvalue weighted by Crippen LogP contribution is -2.25. The zero-order valence-corrected chi connectivity index (χ0v) is 13.2. The minimum atomic E-state index is -5.42. The molecule has 0 saturated carbocycles. The van der Waals surface area contributed by atoms with Crippen molar-refractivity contribution in [1.29, 1.82) is 0 Å². The minimum Gasteiger partial charge on any atom is -0.350 e. The standard InChI is InChI=1S/C18H11F6NO/c1-9-7-12-13(8-11(9)10-5-3-2-4-6-10)25-15(17(19,20)21)14(12)16(26)18(22,23)24/h2-8,25H,1H3. The fourth-order valence-corrected chi connectivity index (χ4v) is 2.87. The van der Waals surface area contributed by atoms with E-state index in [4.69, 9.17) is 0 Å². The number of aryl methyl sites for hydroxylation is 1. The van der Waals surface area contributed by atoms with Gasteiger partial charge in [0, 0.05) is 10.9 Å². The van der Waals surface area contributed by atoms with Gasteiger partial charge in [-0.15, -0.1) is 0 Å². The summed E-state index contributed by atoms with van der Waals surface area (Å²) in [6.07, 6.45) is -10.5. The van der Waals surface area contributed by atoms with Crippen molar-refractivity contribution >= 4 is 16.7 Å². The zero-order valence-electron chi connectivity index (χ0n) is 13.2. The van der Waals surface area contributed by atoms with Crippen molar-refractivity contribution in [2.45, 2.75) is 19.3 Å². The molecule has 0 amide bonds. The van der Waals surface area contributed by atoms with Gasteiger partial charge in [-0.2, -0.15) is 26.3 Å². The maximum absolute atomic E-state index is 13.2. The minimum absolute atomic E-state index is 0.186. The number of H-pyrrole nitrogens is 1. The molecular formula is C18H11F6NO. The van der Waals surface area contributed by atoms with E-state index in [1.54, 1.807) is 37.3 Å². The predicted octanol–water partition coefficient (Wildman–Crippen LogP) is 5.91. The van der Waals surface area contributed by atoms with Crippen molar-refractivity contribution in [2.24, 2.45) is 0 Å². The van der Waals surface area contributed by atoms with Crippen LogP contribution in [0.4, 0.5) is 26.3 Å². The van der Waals surface area contributed by atoms with Gasteiger partial charge in [-0.25, -0.2) is 0 Å². The van der Waals surface area contributed by atoms with Gasteiger partial charge in [-0.1, -0.05) is 30.3 Å². The Balaban J connectivity index is 2.33.